The molecule has 0 atom stereocenters. The first-order valence-electron chi connectivity index (χ1n) is 9.40. The maximum Gasteiger partial charge on any atom is 0.246 e. The van der Waals surface area contributed by atoms with Crippen molar-refractivity contribution in [3.8, 4) is 11.5 Å². The van der Waals surface area contributed by atoms with Crippen molar-refractivity contribution in [3.63, 3.8) is 0 Å². The van der Waals surface area contributed by atoms with Gasteiger partial charge in [0.1, 0.15) is 5.82 Å². The number of carbonyl (C=O) groups is 1. The van der Waals surface area contributed by atoms with E-state index < -0.39 is 15.8 Å². The highest BCUT2D eigenvalue weighted by Gasteiger charge is 2.29. The van der Waals surface area contributed by atoms with Gasteiger partial charge in [-0.05, 0) is 48.0 Å². The molecular weight excluding hydrogens is 447 g/mol. The van der Waals surface area contributed by atoms with Crippen LogP contribution in [-0.2, 0) is 14.8 Å². The van der Waals surface area contributed by atoms with Crippen molar-refractivity contribution in [2.45, 2.75) is 4.90 Å². The third kappa shape index (κ3) is 5.17. The minimum atomic E-state index is -3.73. The van der Waals surface area contributed by atoms with Crippen molar-refractivity contribution in [3.05, 3.63) is 58.9 Å². The average molecular weight is 469 g/mol. The number of hydrogen-bond donors (Lipinski definition) is 0. The van der Waals surface area contributed by atoms with Crippen molar-refractivity contribution in [2.75, 3.05) is 40.4 Å². The number of ether oxygens (including phenoxy) is 2. The molecule has 166 valence electrons. The van der Waals surface area contributed by atoms with Gasteiger partial charge in [0.15, 0.2) is 11.5 Å². The number of sulfonamides is 1. The van der Waals surface area contributed by atoms with Gasteiger partial charge in [-0.2, -0.15) is 4.31 Å². The lowest BCUT2D eigenvalue weighted by molar-refractivity contribution is -0.127. The van der Waals surface area contributed by atoms with E-state index in [9.17, 15) is 17.6 Å². The molecule has 2 aromatic carbocycles. The fourth-order valence-electron chi connectivity index (χ4n) is 3.21. The first kappa shape index (κ1) is 23.1. The molecule has 0 aliphatic carbocycles. The Morgan fingerprint density at radius 2 is 1.71 bits per heavy atom. The first-order valence-corrected chi connectivity index (χ1v) is 11.2. The van der Waals surface area contributed by atoms with Gasteiger partial charge in [-0.1, -0.05) is 11.6 Å². The fourth-order valence-corrected chi connectivity index (χ4v) is 4.93. The van der Waals surface area contributed by atoms with Crippen molar-refractivity contribution >= 4 is 33.6 Å². The van der Waals surface area contributed by atoms with E-state index in [0.29, 0.717) is 22.1 Å². The van der Waals surface area contributed by atoms with E-state index in [2.05, 4.69) is 0 Å². The van der Waals surface area contributed by atoms with Crippen molar-refractivity contribution in [2.24, 2.45) is 0 Å². The Kier molecular flexibility index (Phi) is 7.19. The quantitative estimate of drug-likeness (QED) is 0.609. The molecule has 7 nitrogen and oxygen atoms in total. The third-order valence-electron chi connectivity index (χ3n) is 4.88. The normalized spacial score (nSPS) is 15.3. The van der Waals surface area contributed by atoms with Crippen LogP contribution in [0.5, 0.6) is 11.5 Å². The van der Waals surface area contributed by atoms with Crippen LogP contribution in [-0.4, -0.2) is 63.9 Å². The maximum absolute atomic E-state index is 13.1. The van der Waals surface area contributed by atoms with Gasteiger partial charge in [0.2, 0.25) is 15.9 Å². The van der Waals surface area contributed by atoms with Gasteiger partial charge >= 0.3 is 0 Å². The highest BCUT2D eigenvalue weighted by Crippen LogP contribution is 2.36. The summed E-state index contributed by atoms with van der Waals surface area (Å²) in [6.07, 6.45) is 3.01. The molecular formula is C21H22ClFN2O5S. The zero-order chi connectivity index (χ0) is 22.6. The highest BCUT2D eigenvalue weighted by molar-refractivity contribution is 7.89. The molecule has 1 aliphatic heterocycles. The third-order valence-corrected chi connectivity index (χ3v) is 7.07. The van der Waals surface area contributed by atoms with Crippen molar-refractivity contribution in [1.82, 2.24) is 9.21 Å². The summed E-state index contributed by atoms with van der Waals surface area (Å²) in [5, 5.41) is 0.355. The SMILES string of the molecule is COc1cc(C=CC(=O)N2CCN(S(=O)(=O)c3ccc(F)cc3)CC2)cc(Cl)c1OC. The second kappa shape index (κ2) is 9.67. The number of amides is 1. The molecule has 3 rings (SSSR count). The lowest BCUT2D eigenvalue weighted by Gasteiger charge is -2.33. The zero-order valence-electron chi connectivity index (χ0n) is 17.0. The Morgan fingerprint density at radius 1 is 1.06 bits per heavy atom. The summed E-state index contributed by atoms with van der Waals surface area (Å²) in [5.74, 6) is 0.106. The molecule has 1 amide bonds. The fraction of sp³-hybridized carbons (Fsp3) is 0.286. The van der Waals surface area contributed by atoms with Crippen LogP contribution in [0.25, 0.3) is 6.08 Å². The summed E-state index contributed by atoms with van der Waals surface area (Å²) in [5.41, 5.74) is 0.661. The number of nitrogens with zero attached hydrogens (tertiary/aromatic N) is 2. The predicted octanol–water partition coefficient (Wildman–Crippen LogP) is 3.04. The van der Waals surface area contributed by atoms with Crippen molar-refractivity contribution < 1.29 is 27.1 Å². The van der Waals surface area contributed by atoms with Gasteiger partial charge in [-0.3, -0.25) is 4.79 Å². The van der Waals surface area contributed by atoms with E-state index in [1.54, 1.807) is 23.1 Å². The van der Waals surface area contributed by atoms with Crippen LogP contribution in [0, 0.1) is 5.82 Å². The molecule has 0 saturated carbocycles. The number of piperazine rings is 1. The molecule has 0 unspecified atom stereocenters. The summed E-state index contributed by atoms with van der Waals surface area (Å²) in [4.78, 5) is 14.1. The average Bonchev–Trinajstić information content (AvgIpc) is 2.77. The smallest absolute Gasteiger partial charge is 0.246 e. The largest absolute Gasteiger partial charge is 0.493 e. The zero-order valence-corrected chi connectivity index (χ0v) is 18.6. The summed E-state index contributed by atoms with van der Waals surface area (Å²) in [6, 6.07) is 8.04. The molecule has 0 aromatic heterocycles. The molecule has 10 heteroatoms. The standard InChI is InChI=1S/C21H22ClFN2O5S/c1-29-19-14-15(13-18(22)21(19)30-2)3-8-20(26)24-9-11-25(12-10-24)31(27,28)17-6-4-16(23)5-7-17/h3-8,13-14H,9-12H2,1-2H3. The number of hydrogen-bond acceptors (Lipinski definition) is 5. The second-order valence-electron chi connectivity index (χ2n) is 6.75. The maximum atomic E-state index is 13.1. The first-order chi connectivity index (χ1) is 14.8. The molecule has 0 N–H and O–H groups in total. The summed E-state index contributed by atoms with van der Waals surface area (Å²) in [7, 11) is -0.755. The second-order valence-corrected chi connectivity index (χ2v) is 9.10. The van der Waals surface area contributed by atoms with Crippen LogP contribution in [0.15, 0.2) is 47.4 Å². The number of rotatable bonds is 6. The monoisotopic (exact) mass is 468 g/mol. The Morgan fingerprint density at radius 3 is 2.29 bits per heavy atom. The van der Waals surface area contributed by atoms with Gasteiger partial charge < -0.3 is 14.4 Å². The number of methoxy groups -OCH3 is 2. The highest BCUT2D eigenvalue weighted by atomic mass is 35.5. The van der Waals surface area contributed by atoms with Gasteiger partial charge in [-0.25, -0.2) is 12.8 Å². The summed E-state index contributed by atoms with van der Waals surface area (Å²) < 4.78 is 50.2. The van der Waals surface area contributed by atoms with Gasteiger partial charge in [-0.15, -0.1) is 0 Å². The van der Waals surface area contributed by atoms with Gasteiger partial charge in [0.05, 0.1) is 24.1 Å². The van der Waals surface area contributed by atoms with Crippen LogP contribution in [0.2, 0.25) is 5.02 Å². The topological polar surface area (TPSA) is 76.2 Å². The minimum absolute atomic E-state index is 0.0268. The molecule has 1 fully saturated rings. The van der Waals surface area contributed by atoms with Crippen LogP contribution in [0.1, 0.15) is 5.56 Å². The van der Waals surface area contributed by atoms with Crippen molar-refractivity contribution in [1.29, 1.82) is 0 Å². The van der Waals surface area contributed by atoms with E-state index in [0.717, 1.165) is 12.1 Å². The molecule has 2 aromatic rings. The van der Waals surface area contributed by atoms with Crippen LogP contribution in [0.3, 0.4) is 0 Å². The molecule has 0 bridgehead atoms. The molecule has 1 aliphatic rings. The molecule has 0 spiro atoms. The molecule has 31 heavy (non-hydrogen) atoms. The number of halogens is 2. The van der Waals surface area contributed by atoms with Crippen LogP contribution >= 0.6 is 11.6 Å². The Hall–Kier alpha value is -2.62. The van der Waals surface area contributed by atoms with Gasteiger partial charge in [0.25, 0.3) is 0 Å². The molecule has 0 radical (unpaired) electrons. The van der Waals surface area contributed by atoms with E-state index in [1.165, 1.54) is 36.7 Å². The summed E-state index contributed by atoms with van der Waals surface area (Å²) >= 11 is 6.18. The van der Waals surface area contributed by atoms with Crippen LogP contribution in [0.4, 0.5) is 4.39 Å². The lowest BCUT2D eigenvalue weighted by Crippen LogP contribution is -2.50. The van der Waals surface area contributed by atoms with E-state index in [4.69, 9.17) is 21.1 Å². The Labute approximate surface area is 185 Å². The van der Waals surface area contributed by atoms with E-state index in [-0.39, 0.29) is 37.0 Å². The number of carbonyl (C=O) groups excluding carboxylic acids is 1. The Bertz CT molecular complexity index is 1080. The summed E-state index contributed by atoms with van der Waals surface area (Å²) in [6.45, 7) is 0.801. The minimum Gasteiger partial charge on any atom is -0.493 e. The number of benzene rings is 2. The Balaban J connectivity index is 1.64. The predicted molar refractivity (Wildman–Crippen MR) is 115 cm³/mol. The molecule has 1 saturated heterocycles. The van der Waals surface area contributed by atoms with Gasteiger partial charge in [0, 0.05) is 32.3 Å². The van der Waals surface area contributed by atoms with Crippen LogP contribution < -0.4 is 9.47 Å². The molecule has 1 heterocycles. The van der Waals surface area contributed by atoms with E-state index in [1.807, 2.05) is 0 Å². The van der Waals surface area contributed by atoms with E-state index >= 15 is 0 Å². The lowest BCUT2D eigenvalue weighted by atomic mass is 10.1.